The zero-order valence-electron chi connectivity index (χ0n) is 17.1. The van der Waals surface area contributed by atoms with E-state index in [2.05, 4.69) is 15.4 Å². The van der Waals surface area contributed by atoms with Crippen molar-refractivity contribution in [2.24, 2.45) is 0 Å². The Morgan fingerprint density at radius 1 is 1.03 bits per heavy atom. The molecule has 1 aliphatic carbocycles. The van der Waals surface area contributed by atoms with E-state index in [1.807, 2.05) is 26.0 Å². The summed E-state index contributed by atoms with van der Waals surface area (Å²) < 4.78 is 31.7. The molecule has 0 aromatic heterocycles. The van der Waals surface area contributed by atoms with Crippen molar-refractivity contribution in [3.05, 3.63) is 59.2 Å². The summed E-state index contributed by atoms with van der Waals surface area (Å²) in [5, 5.41) is 4.63. The number of nitrogens with one attached hydrogen (secondary N) is 3. The Kier molecular flexibility index (Phi) is 6.71. The summed E-state index contributed by atoms with van der Waals surface area (Å²) in [6, 6.07) is 9.84. The predicted octanol–water partition coefficient (Wildman–Crippen LogP) is 2.25. The first-order valence-corrected chi connectivity index (χ1v) is 11.1. The molecule has 164 valence electrons. The number of carbonyl (C=O) groups excluding carboxylic acids is 3. The highest BCUT2D eigenvalue weighted by Crippen LogP contribution is 2.22. The second kappa shape index (κ2) is 9.27. The summed E-state index contributed by atoms with van der Waals surface area (Å²) in [7, 11) is -3.62. The fourth-order valence-corrected chi connectivity index (χ4v) is 4.05. The van der Waals surface area contributed by atoms with Crippen molar-refractivity contribution < 1.29 is 27.5 Å². The zero-order chi connectivity index (χ0) is 22.6. The van der Waals surface area contributed by atoms with Crippen LogP contribution in [0.15, 0.2) is 47.4 Å². The molecule has 0 atom stereocenters. The molecule has 0 aliphatic heterocycles. The molecule has 0 heterocycles. The van der Waals surface area contributed by atoms with Crippen molar-refractivity contribution in [2.75, 3.05) is 11.9 Å². The van der Waals surface area contributed by atoms with E-state index in [4.69, 9.17) is 4.74 Å². The lowest BCUT2D eigenvalue weighted by Gasteiger charge is -2.10. The van der Waals surface area contributed by atoms with Gasteiger partial charge in [-0.2, -0.15) is 0 Å². The second-order valence-corrected chi connectivity index (χ2v) is 9.03. The highest BCUT2D eigenvalue weighted by atomic mass is 32.2. The van der Waals surface area contributed by atoms with Crippen LogP contribution in [0.5, 0.6) is 0 Å². The SMILES string of the molecule is Cc1ccc(NC(=O)NC(=O)COC(=O)c2ccc(S(=O)(=O)NC3CC3)cc2)c(C)c1. The van der Waals surface area contributed by atoms with Gasteiger partial charge in [-0.05, 0) is 62.6 Å². The van der Waals surface area contributed by atoms with Crippen molar-refractivity contribution in [3.63, 3.8) is 0 Å². The van der Waals surface area contributed by atoms with E-state index >= 15 is 0 Å². The van der Waals surface area contributed by atoms with Crippen LogP contribution in [0.25, 0.3) is 0 Å². The van der Waals surface area contributed by atoms with Crippen molar-refractivity contribution in [1.29, 1.82) is 0 Å². The third-order valence-corrected chi connectivity index (χ3v) is 6.05. The number of ether oxygens (including phenoxy) is 1. The number of benzene rings is 2. The number of anilines is 1. The number of hydrogen-bond acceptors (Lipinski definition) is 6. The summed E-state index contributed by atoms with van der Waals surface area (Å²) in [5.74, 6) is -1.62. The maximum Gasteiger partial charge on any atom is 0.338 e. The van der Waals surface area contributed by atoms with Crippen LogP contribution in [0, 0.1) is 13.8 Å². The lowest BCUT2D eigenvalue weighted by Crippen LogP contribution is -2.37. The smallest absolute Gasteiger partial charge is 0.338 e. The van der Waals surface area contributed by atoms with Crippen molar-refractivity contribution in [3.8, 4) is 0 Å². The predicted molar refractivity (Wildman–Crippen MR) is 113 cm³/mol. The van der Waals surface area contributed by atoms with Gasteiger partial charge in [0.1, 0.15) is 0 Å². The molecule has 3 rings (SSSR count). The number of sulfonamides is 1. The minimum absolute atomic E-state index is 0.0275. The molecule has 10 heteroatoms. The Morgan fingerprint density at radius 3 is 2.32 bits per heavy atom. The minimum Gasteiger partial charge on any atom is -0.452 e. The van der Waals surface area contributed by atoms with E-state index in [1.54, 1.807) is 6.07 Å². The number of rotatable bonds is 7. The summed E-state index contributed by atoms with van der Waals surface area (Å²) in [6.07, 6.45) is 1.63. The monoisotopic (exact) mass is 445 g/mol. The minimum atomic E-state index is -3.62. The van der Waals surface area contributed by atoms with E-state index in [9.17, 15) is 22.8 Å². The summed E-state index contributed by atoms with van der Waals surface area (Å²) >= 11 is 0. The van der Waals surface area contributed by atoms with Crippen LogP contribution >= 0.6 is 0 Å². The van der Waals surface area contributed by atoms with Crippen LogP contribution in [0.3, 0.4) is 0 Å². The molecule has 31 heavy (non-hydrogen) atoms. The first-order valence-electron chi connectivity index (χ1n) is 9.61. The molecule has 1 saturated carbocycles. The average Bonchev–Trinajstić information content (AvgIpc) is 3.51. The number of carbonyl (C=O) groups is 3. The molecule has 9 nitrogen and oxygen atoms in total. The van der Waals surface area contributed by atoms with Gasteiger partial charge >= 0.3 is 12.0 Å². The molecular formula is C21H23N3O6S. The van der Waals surface area contributed by atoms with Crippen LogP contribution in [0.1, 0.15) is 34.3 Å². The van der Waals surface area contributed by atoms with Crippen LogP contribution in [0.2, 0.25) is 0 Å². The fraction of sp³-hybridized carbons (Fsp3) is 0.286. The number of esters is 1. The maximum absolute atomic E-state index is 12.1. The van der Waals surface area contributed by atoms with Gasteiger partial charge in [0.15, 0.2) is 6.61 Å². The van der Waals surface area contributed by atoms with Gasteiger partial charge in [-0.25, -0.2) is 22.7 Å². The maximum atomic E-state index is 12.1. The fourth-order valence-electron chi connectivity index (χ4n) is 2.74. The molecule has 2 aromatic carbocycles. The largest absolute Gasteiger partial charge is 0.452 e. The molecule has 0 radical (unpaired) electrons. The number of imide groups is 1. The Morgan fingerprint density at radius 2 is 1.71 bits per heavy atom. The van der Waals surface area contributed by atoms with E-state index in [0.717, 1.165) is 24.0 Å². The van der Waals surface area contributed by atoms with Crippen LogP contribution in [-0.4, -0.2) is 39.0 Å². The van der Waals surface area contributed by atoms with Crippen LogP contribution in [-0.2, 0) is 19.6 Å². The van der Waals surface area contributed by atoms with E-state index in [-0.39, 0.29) is 16.5 Å². The Hall–Kier alpha value is -3.24. The van der Waals surface area contributed by atoms with Crippen molar-refractivity contribution in [1.82, 2.24) is 10.0 Å². The summed E-state index contributed by atoms with van der Waals surface area (Å²) in [5.41, 5.74) is 2.51. The molecule has 0 bridgehead atoms. The second-order valence-electron chi connectivity index (χ2n) is 7.32. The lowest BCUT2D eigenvalue weighted by atomic mass is 10.1. The molecule has 0 spiro atoms. The molecule has 1 aliphatic rings. The quantitative estimate of drug-likeness (QED) is 0.561. The Balaban J connectivity index is 1.48. The molecule has 3 amide bonds. The van der Waals surface area contributed by atoms with Crippen LogP contribution < -0.4 is 15.4 Å². The van der Waals surface area contributed by atoms with Gasteiger partial charge in [0.05, 0.1) is 10.5 Å². The normalized spacial score (nSPS) is 13.4. The number of amides is 3. The molecule has 3 N–H and O–H groups in total. The molecule has 2 aromatic rings. The van der Waals surface area contributed by atoms with Gasteiger partial charge in [0.25, 0.3) is 5.91 Å². The number of urea groups is 1. The molecule has 1 fully saturated rings. The van der Waals surface area contributed by atoms with Gasteiger partial charge < -0.3 is 10.1 Å². The van der Waals surface area contributed by atoms with Crippen LogP contribution in [0.4, 0.5) is 10.5 Å². The lowest BCUT2D eigenvalue weighted by molar-refractivity contribution is -0.123. The van der Waals surface area contributed by atoms with Gasteiger partial charge in [-0.1, -0.05) is 17.7 Å². The third-order valence-electron chi connectivity index (χ3n) is 4.52. The molecular weight excluding hydrogens is 422 g/mol. The standard InChI is InChI=1S/C21H23N3O6S/c1-13-3-10-18(14(2)11-13)22-21(27)23-19(25)12-30-20(26)15-4-8-17(9-5-15)31(28,29)24-16-6-7-16/h3-5,8-11,16,24H,6-7,12H2,1-2H3,(H2,22,23,25,27). The zero-order valence-corrected chi connectivity index (χ0v) is 17.9. The average molecular weight is 445 g/mol. The topological polar surface area (TPSA) is 131 Å². The third kappa shape index (κ3) is 6.37. The van der Waals surface area contributed by atoms with Crippen molar-refractivity contribution >= 4 is 33.6 Å². The van der Waals surface area contributed by atoms with E-state index < -0.39 is 34.5 Å². The molecule has 0 unspecified atom stereocenters. The van der Waals surface area contributed by atoms with Gasteiger partial charge in [0.2, 0.25) is 10.0 Å². The van der Waals surface area contributed by atoms with E-state index in [0.29, 0.717) is 5.69 Å². The molecule has 0 saturated heterocycles. The van der Waals surface area contributed by atoms with E-state index in [1.165, 1.54) is 24.3 Å². The summed E-state index contributed by atoms with van der Waals surface area (Å²) in [4.78, 5) is 35.9. The Bertz CT molecular complexity index is 1110. The van der Waals surface area contributed by atoms with Gasteiger partial charge in [0, 0.05) is 11.7 Å². The highest BCUT2D eigenvalue weighted by molar-refractivity contribution is 7.89. The first kappa shape index (κ1) is 22.4. The van der Waals surface area contributed by atoms with Gasteiger partial charge in [-0.15, -0.1) is 0 Å². The number of aryl methyl sites for hydroxylation is 2. The Labute approximate surface area is 180 Å². The van der Waals surface area contributed by atoms with Crippen molar-refractivity contribution in [2.45, 2.75) is 37.6 Å². The first-order chi connectivity index (χ1) is 14.6. The highest BCUT2D eigenvalue weighted by Gasteiger charge is 2.28. The van der Waals surface area contributed by atoms with Gasteiger partial charge in [-0.3, -0.25) is 10.1 Å². The summed E-state index contributed by atoms with van der Waals surface area (Å²) in [6.45, 7) is 3.08. The number of hydrogen-bond donors (Lipinski definition) is 3.